The largest absolute Gasteiger partial charge is 0.487 e. The maximum absolute atomic E-state index is 13.2. The molecule has 3 N–H and O–H groups in total. The van der Waals surface area contributed by atoms with Crippen LogP contribution in [0.2, 0.25) is 0 Å². The molecule has 2 aromatic heterocycles. The second kappa shape index (κ2) is 12.2. The van der Waals surface area contributed by atoms with Gasteiger partial charge in [0, 0.05) is 24.5 Å². The highest BCUT2D eigenvalue weighted by Crippen LogP contribution is 2.20. The Morgan fingerprint density at radius 3 is 2.77 bits per heavy atom. The molecule has 0 aliphatic carbocycles. The number of carbonyl (C=O) groups is 1. The zero-order chi connectivity index (χ0) is 25.4. The minimum Gasteiger partial charge on any atom is -0.487 e. The normalized spacial score (nSPS) is 11.2. The number of unbranched alkanes of at least 4 members (excludes halogenated alkanes) is 1. The second-order valence-corrected chi connectivity index (χ2v) is 9.10. The third-order valence-electron chi connectivity index (χ3n) is 5.26. The van der Waals surface area contributed by atoms with Gasteiger partial charge in [0.05, 0.1) is 10.7 Å². The number of rotatable bonds is 11. The maximum atomic E-state index is 13.2. The summed E-state index contributed by atoms with van der Waals surface area (Å²) in [5, 5.41) is 2.94. The molecule has 1 aromatic carbocycles. The topological polar surface area (TPSA) is 123 Å². The zero-order valence-corrected chi connectivity index (χ0v) is 21.1. The summed E-state index contributed by atoms with van der Waals surface area (Å²) in [6.07, 6.45) is 5.20. The average molecular weight is 498 g/mol. The summed E-state index contributed by atoms with van der Waals surface area (Å²) < 4.78 is 7.11. The molecule has 2 heterocycles. The number of nitrogens with one attached hydrogen (secondary N) is 1. The molecule has 0 radical (unpaired) electrons. The molecule has 0 unspecified atom stereocenters. The van der Waals surface area contributed by atoms with Crippen LogP contribution in [-0.4, -0.2) is 27.0 Å². The van der Waals surface area contributed by atoms with Crippen molar-refractivity contribution in [1.29, 1.82) is 0 Å². The molecule has 0 fully saturated rings. The van der Waals surface area contributed by atoms with E-state index in [-0.39, 0.29) is 11.5 Å². The number of aryl methyl sites for hydroxylation is 1. The lowest BCUT2D eigenvalue weighted by molar-refractivity contribution is -0.114. The first-order valence-corrected chi connectivity index (χ1v) is 12.5. The summed E-state index contributed by atoms with van der Waals surface area (Å²) >= 11 is 1.57. The van der Waals surface area contributed by atoms with Crippen LogP contribution in [0.15, 0.2) is 45.3 Å². The molecule has 3 aromatic rings. The Labute approximate surface area is 207 Å². The predicted molar refractivity (Wildman–Crippen MR) is 140 cm³/mol. The Morgan fingerprint density at radius 1 is 1.29 bits per heavy atom. The van der Waals surface area contributed by atoms with Crippen molar-refractivity contribution in [3.05, 3.63) is 72.8 Å². The summed E-state index contributed by atoms with van der Waals surface area (Å²) in [6.45, 7) is 6.83. The lowest BCUT2D eigenvalue weighted by Crippen LogP contribution is -2.41. The first-order valence-electron chi connectivity index (χ1n) is 11.6. The van der Waals surface area contributed by atoms with Crippen molar-refractivity contribution in [2.24, 2.45) is 0 Å². The molecule has 1 amide bonds. The van der Waals surface area contributed by atoms with Gasteiger partial charge in [0.25, 0.3) is 11.5 Å². The van der Waals surface area contributed by atoms with Gasteiger partial charge < -0.3 is 15.4 Å². The van der Waals surface area contributed by atoms with Crippen LogP contribution in [0, 0.1) is 6.92 Å². The summed E-state index contributed by atoms with van der Waals surface area (Å²) in [5.41, 5.74) is 6.56. The van der Waals surface area contributed by atoms with Crippen molar-refractivity contribution in [2.75, 3.05) is 17.2 Å². The van der Waals surface area contributed by atoms with Gasteiger partial charge >= 0.3 is 5.69 Å². The van der Waals surface area contributed by atoms with Crippen LogP contribution in [-0.2, 0) is 17.9 Å². The maximum Gasteiger partial charge on any atom is 0.330 e. The van der Waals surface area contributed by atoms with E-state index < -0.39 is 17.2 Å². The van der Waals surface area contributed by atoms with Crippen LogP contribution in [0.3, 0.4) is 0 Å². The number of H-pyrrole nitrogens is 1. The Balaban J connectivity index is 1.83. The lowest BCUT2D eigenvalue weighted by atomic mass is 10.2. The fourth-order valence-electron chi connectivity index (χ4n) is 3.53. The molecule has 9 nitrogen and oxygen atoms in total. The molecule has 10 heteroatoms. The predicted octanol–water partition coefficient (Wildman–Crippen LogP) is 3.72. The van der Waals surface area contributed by atoms with E-state index in [9.17, 15) is 14.4 Å². The quantitative estimate of drug-likeness (QED) is 0.389. The van der Waals surface area contributed by atoms with Gasteiger partial charge in [-0.25, -0.2) is 9.78 Å². The molecule has 0 spiro atoms. The van der Waals surface area contributed by atoms with Crippen molar-refractivity contribution >= 4 is 34.8 Å². The van der Waals surface area contributed by atoms with Crippen LogP contribution >= 0.6 is 11.3 Å². The van der Waals surface area contributed by atoms with Crippen molar-refractivity contribution in [2.45, 2.75) is 53.2 Å². The Morgan fingerprint density at radius 2 is 2.09 bits per heavy atom. The van der Waals surface area contributed by atoms with Gasteiger partial charge in [0.1, 0.15) is 18.2 Å². The summed E-state index contributed by atoms with van der Waals surface area (Å²) in [6, 6.07) is 7.34. The molecular weight excluding hydrogens is 466 g/mol. The smallest absolute Gasteiger partial charge is 0.330 e. The monoisotopic (exact) mass is 497 g/mol. The number of nitrogens with two attached hydrogens (primary N) is 1. The number of amides is 1. The zero-order valence-electron chi connectivity index (χ0n) is 20.2. The highest BCUT2D eigenvalue weighted by atomic mass is 32.1. The van der Waals surface area contributed by atoms with Crippen molar-refractivity contribution in [3.8, 4) is 5.75 Å². The number of benzene rings is 1. The van der Waals surface area contributed by atoms with E-state index in [1.807, 2.05) is 50.4 Å². The Kier molecular flexibility index (Phi) is 9.02. The minimum absolute atomic E-state index is 0.00297. The number of nitrogens with zero attached hydrogens (tertiary/aromatic N) is 3. The molecule has 0 bridgehead atoms. The van der Waals surface area contributed by atoms with Gasteiger partial charge in [-0.1, -0.05) is 32.4 Å². The molecule has 3 rings (SSSR count). The third kappa shape index (κ3) is 6.69. The Hall–Kier alpha value is -3.66. The van der Waals surface area contributed by atoms with Gasteiger partial charge in [-0.3, -0.25) is 19.1 Å². The van der Waals surface area contributed by atoms with E-state index in [2.05, 4.69) is 9.97 Å². The fraction of sp³-hybridized carbons (Fsp3) is 0.360. The van der Waals surface area contributed by atoms with E-state index >= 15 is 0 Å². The van der Waals surface area contributed by atoms with Crippen LogP contribution in [0.25, 0.3) is 6.08 Å². The van der Waals surface area contributed by atoms with Gasteiger partial charge in [0.15, 0.2) is 5.69 Å². The number of anilines is 2. The third-order valence-corrected chi connectivity index (χ3v) is 6.08. The highest BCUT2D eigenvalue weighted by Gasteiger charge is 2.22. The van der Waals surface area contributed by atoms with Crippen LogP contribution in [0.4, 0.5) is 11.5 Å². The number of carbonyl (C=O) groups excluding carboxylic acids is 1. The average Bonchev–Trinajstić information content (AvgIpc) is 3.26. The van der Waals surface area contributed by atoms with Crippen LogP contribution in [0.5, 0.6) is 5.75 Å². The van der Waals surface area contributed by atoms with Gasteiger partial charge in [0.2, 0.25) is 0 Å². The SMILES string of the molecule is CCCCN(C(=O)/C=C/c1cccc(OCc2csc(C)n2)c1)c1c(N)n(CCC)c(=O)[nH]c1=O. The number of aromatic amines is 1. The van der Waals surface area contributed by atoms with E-state index in [0.29, 0.717) is 38.3 Å². The number of ether oxygens (including phenoxy) is 1. The summed E-state index contributed by atoms with van der Waals surface area (Å²) in [4.78, 5) is 46.0. The number of thiazole rings is 1. The molecule has 0 atom stereocenters. The second-order valence-electron chi connectivity index (χ2n) is 8.04. The number of hydrogen-bond donors (Lipinski definition) is 2. The lowest BCUT2D eigenvalue weighted by Gasteiger charge is -2.23. The van der Waals surface area contributed by atoms with E-state index in [4.69, 9.17) is 10.5 Å². The summed E-state index contributed by atoms with van der Waals surface area (Å²) in [5.74, 6) is 0.244. The molecular formula is C25H31N5O4S. The molecule has 0 saturated heterocycles. The van der Waals surface area contributed by atoms with Crippen molar-refractivity contribution in [1.82, 2.24) is 14.5 Å². The van der Waals surface area contributed by atoms with E-state index in [0.717, 1.165) is 22.7 Å². The molecule has 0 aliphatic rings. The molecule has 35 heavy (non-hydrogen) atoms. The fourth-order valence-corrected chi connectivity index (χ4v) is 4.13. The molecule has 0 aliphatic heterocycles. The summed E-state index contributed by atoms with van der Waals surface area (Å²) in [7, 11) is 0. The van der Waals surface area contributed by atoms with Crippen molar-refractivity contribution in [3.63, 3.8) is 0 Å². The standard InChI is InChI=1S/C25H31N5O4S/c1-4-6-13-29(22-23(26)30(12-5-2)25(33)28-24(22)32)21(31)11-10-18-8-7-9-20(14-18)34-15-19-16-35-17(3)27-19/h7-11,14,16H,4-6,12-13,15,26H2,1-3H3,(H,28,32,33)/b11-10+. The van der Waals surface area contributed by atoms with E-state index in [1.165, 1.54) is 15.5 Å². The first-order chi connectivity index (χ1) is 16.8. The van der Waals surface area contributed by atoms with Gasteiger partial charge in [-0.05, 0) is 43.5 Å². The number of aromatic nitrogens is 3. The molecule has 186 valence electrons. The van der Waals surface area contributed by atoms with Gasteiger partial charge in [-0.2, -0.15) is 0 Å². The van der Waals surface area contributed by atoms with Crippen LogP contribution < -0.4 is 26.6 Å². The number of nitrogen functional groups attached to an aromatic ring is 1. The van der Waals surface area contributed by atoms with Gasteiger partial charge in [-0.15, -0.1) is 11.3 Å². The molecule has 0 saturated carbocycles. The van der Waals surface area contributed by atoms with E-state index in [1.54, 1.807) is 17.4 Å². The first kappa shape index (κ1) is 26.0. The Bertz CT molecular complexity index is 1310. The van der Waals surface area contributed by atoms with Crippen LogP contribution in [0.1, 0.15) is 49.4 Å². The minimum atomic E-state index is -0.676. The number of hydrogen-bond acceptors (Lipinski definition) is 7. The highest BCUT2D eigenvalue weighted by molar-refractivity contribution is 7.09. The van der Waals surface area contributed by atoms with Crippen molar-refractivity contribution < 1.29 is 9.53 Å².